The van der Waals surface area contributed by atoms with Gasteiger partial charge in [0.25, 0.3) is 0 Å². The lowest BCUT2D eigenvalue weighted by molar-refractivity contribution is 0.0200. The Labute approximate surface area is 170 Å². The van der Waals surface area contributed by atoms with Gasteiger partial charge in [0.1, 0.15) is 5.82 Å². The topological polar surface area (TPSA) is 44.4 Å². The van der Waals surface area contributed by atoms with E-state index in [1.807, 2.05) is 24.3 Å². The van der Waals surface area contributed by atoms with Crippen LogP contribution in [0.25, 0.3) is 0 Å². The predicted molar refractivity (Wildman–Crippen MR) is 110 cm³/mol. The first-order valence-corrected chi connectivity index (χ1v) is 10.3. The lowest BCUT2D eigenvalue weighted by Crippen LogP contribution is -2.56. The molecule has 4 nitrogen and oxygen atoms in total. The van der Waals surface area contributed by atoms with Crippen molar-refractivity contribution in [1.82, 2.24) is 10.2 Å². The van der Waals surface area contributed by atoms with E-state index >= 15 is 0 Å². The van der Waals surface area contributed by atoms with E-state index in [-0.39, 0.29) is 17.9 Å². The molecular weight excluding hydrogens is 377 g/mol. The fourth-order valence-corrected chi connectivity index (χ4v) is 4.74. The van der Waals surface area contributed by atoms with E-state index in [0.717, 1.165) is 37.8 Å². The Morgan fingerprint density at radius 3 is 2.43 bits per heavy atom. The lowest BCUT2D eigenvalue weighted by atomic mass is 9.81. The number of fused-ring (bicyclic) bond motifs is 2. The monoisotopic (exact) mass is 401 g/mol. The van der Waals surface area contributed by atoms with Crippen LogP contribution in [0.5, 0.6) is 0 Å². The van der Waals surface area contributed by atoms with E-state index < -0.39 is 0 Å². The van der Waals surface area contributed by atoms with Crippen molar-refractivity contribution in [3.8, 4) is 0 Å². The number of nitrogens with zero attached hydrogens (tertiary/aromatic N) is 1. The van der Waals surface area contributed by atoms with E-state index in [0.29, 0.717) is 22.8 Å². The number of benzene rings is 2. The highest BCUT2D eigenvalue weighted by molar-refractivity contribution is 6.33. The van der Waals surface area contributed by atoms with Gasteiger partial charge in [-0.2, -0.15) is 0 Å². The quantitative estimate of drug-likeness (QED) is 0.740. The first kappa shape index (κ1) is 19.2. The van der Waals surface area contributed by atoms with Crippen LogP contribution in [0.3, 0.4) is 0 Å². The number of hydrogen-bond donors (Lipinski definition) is 2. The molecule has 2 aromatic carbocycles. The Bertz CT molecular complexity index is 815. The molecule has 0 aromatic heterocycles. The third-order valence-corrected chi connectivity index (χ3v) is 6.19. The molecule has 148 valence electrons. The number of anilines is 1. The molecule has 2 atom stereocenters. The summed E-state index contributed by atoms with van der Waals surface area (Å²) in [4.78, 5) is 15.0. The van der Waals surface area contributed by atoms with Gasteiger partial charge < -0.3 is 10.6 Å². The van der Waals surface area contributed by atoms with Crippen molar-refractivity contribution >= 4 is 23.3 Å². The number of para-hydroxylation sites is 1. The van der Waals surface area contributed by atoms with Crippen LogP contribution in [0, 0.1) is 5.82 Å². The third kappa shape index (κ3) is 4.47. The normalized spacial score (nSPS) is 24.6. The number of hydrogen-bond acceptors (Lipinski definition) is 2. The Morgan fingerprint density at radius 2 is 1.75 bits per heavy atom. The lowest BCUT2D eigenvalue weighted by Gasteiger charge is -2.49. The fourth-order valence-electron chi connectivity index (χ4n) is 4.56. The molecule has 2 aliphatic rings. The van der Waals surface area contributed by atoms with Crippen LogP contribution in [0.15, 0.2) is 48.5 Å². The van der Waals surface area contributed by atoms with Crippen molar-refractivity contribution in [2.24, 2.45) is 0 Å². The van der Waals surface area contributed by atoms with Gasteiger partial charge in [-0.1, -0.05) is 42.3 Å². The highest BCUT2D eigenvalue weighted by Gasteiger charge is 2.38. The maximum atomic E-state index is 13.2. The van der Waals surface area contributed by atoms with Gasteiger partial charge >= 0.3 is 6.03 Å². The van der Waals surface area contributed by atoms with E-state index in [1.54, 1.807) is 12.1 Å². The smallest absolute Gasteiger partial charge is 0.319 e. The molecule has 6 heteroatoms. The summed E-state index contributed by atoms with van der Waals surface area (Å²) in [5.74, 6) is -0.198. The Kier molecular flexibility index (Phi) is 5.83. The number of nitrogens with one attached hydrogen (secondary N) is 2. The zero-order chi connectivity index (χ0) is 19.5. The molecule has 2 aliphatic heterocycles. The Balaban J connectivity index is 1.37. The van der Waals surface area contributed by atoms with Gasteiger partial charge in [-0.05, 0) is 55.5 Å². The van der Waals surface area contributed by atoms with Crippen molar-refractivity contribution < 1.29 is 9.18 Å². The maximum absolute atomic E-state index is 13.2. The van der Waals surface area contributed by atoms with Gasteiger partial charge in [0, 0.05) is 24.7 Å². The summed E-state index contributed by atoms with van der Waals surface area (Å²) >= 11 is 6.12. The third-order valence-electron chi connectivity index (χ3n) is 5.86. The average Bonchev–Trinajstić information content (AvgIpc) is 2.66. The van der Waals surface area contributed by atoms with Crippen molar-refractivity contribution in [2.45, 2.75) is 56.8 Å². The largest absolute Gasteiger partial charge is 0.335 e. The SMILES string of the molecule is O=C(Nc1ccccc1Cl)NC1C[C@H]2CCC[C@H](C1)N2Cc1ccc(F)cc1. The summed E-state index contributed by atoms with van der Waals surface area (Å²) in [7, 11) is 0. The molecular formula is C22H25ClFN3O. The summed E-state index contributed by atoms with van der Waals surface area (Å²) in [6.07, 6.45) is 5.39. The second-order valence-corrected chi connectivity index (χ2v) is 8.19. The van der Waals surface area contributed by atoms with E-state index in [9.17, 15) is 9.18 Å². The second-order valence-electron chi connectivity index (χ2n) is 7.78. The summed E-state index contributed by atoms with van der Waals surface area (Å²) in [5.41, 5.74) is 1.76. The molecule has 2 bridgehead atoms. The fraction of sp³-hybridized carbons (Fsp3) is 0.409. The molecule has 28 heavy (non-hydrogen) atoms. The Hall–Kier alpha value is -2.11. The van der Waals surface area contributed by atoms with Crippen LogP contribution in [0.2, 0.25) is 5.02 Å². The van der Waals surface area contributed by atoms with E-state index in [1.165, 1.54) is 18.6 Å². The van der Waals surface area contributed by atoms with Gasteiger partial charge in [-0.25, -0.2) is 9.18 Å². The highest BCUT2D eigenvalue weighted by Crippen LogP contribution is 2.35. The number of amides is 2. The van der Waals surface area contributed by atoms with Crippen LogP contribution in [-0.2, 0) is 6.54 Å². The summed E-state index contributed by atoms with van der Waals surface area (Å²) in [5, 5.41) is 6.51. The van der Waals surface area contributed by atoms with E-state index in [4.69, 9.17) is 11.6 Å². The minimum Gasteiger partial charge on any atom is -0.335 e. The van der Waals surface area contributed by atoms with Crippen molar-refractivity contribution in [1.29, 1.82) is 0 Å². The average molecular weight is 402 g/mol. The van der Waals surface area contributed by atoms with Gasteiger partial charge in [0.15, 0.2) is 0 Å². The van der Waals surface area contributed by atoms with Crippen LogP contribution in [0.4, 0.5) is 14.9 Å². The molecule has 0 spiro atoms. The first-order chi connectivity index (χ1) is 13.6. The molecule has 4 rings (SSSR count). The van der Waals surface area contributed by atoms with Crippen LogP contribution in [0.1, 0.15) is 37.7 Å². The number of carbonyl (C=O) groups is 1. The second kappa shape index (κ2) is 8.50. The van der Waals surface area contributed by atoms with Crippen molar-refractivity contribution in [2.75, 3.05) is 5.32 Å². The first-order valence-electron chi connectivity index (χ1n) is 9.91. The molecule has 2 heterocycles. The summed E-state index contributed by atoms with van der Waals surface area (Å²) < 4.78 is 13.2. The molecule has 0 radical (unpaired) electrons. The van der Waals surface area contributed by atoms with Gasteiger partial charge in [0.2, 0.25) is 0 Å². The van der Waals surface area contributed by atoms with E-state index in [2.05, 4.69) is 15.5 Å². The Morgan fingerprint density at radius 1 is 1.07 bits per heavy atom. The van der Waals surface area contributed by atoms with Gasteiger partial charge in [-0.3, -0.25) is 4.90 Å². The minimum atomic E-state index is -0.205. The summed E-state index contributed by atoms with van der Waals surface area (Å²) in [6.45, 7) is 0.841. The molecule has 2 amide bonds. The number of carbonyl (C=O) groups excluding carboxylic acids is 1. The minimum absolute atomic E-state index is 0.155. The zero-order valence-electron chi connectivity index (χ0n) is 15.7. The molecule has 2 aromatic rings. The molecule has 0 saturated carbocycles. The number of halogens is 2. The molecule has 2 saturated heterocycles. The molecule has 0 aliphatic carbocycles. The standard InChI is InChI=1S/C22H25ClFN3O/c23-20-6-1-2-7-21(20)26-22(28)25-17-12-18-4-3-5-19(13-17)27(18)14-15-8-10-16(24)11-9-15/h1-2,6-11,17-19H,3-5,12-14H2,(H2,25,26,28)/t18-,19-/m1/s1. The van der Waals surface area contributed by atoms with Gasteiger partial charge in [0.05, 0.1) is 10.7 Å². The van der Waals surface area contributed by atoms with Crippen LogP contribution < -0.4 is 10.6 Å². The van der Waals surface area contributed by atoms with Crippen molar-refractivity contribution in [3.05, 3.63) is 64.9 Å². The maximum Gasteiger partial charge on any atom is 0.319 e. The number of rotatable bonds is 4. The highest BCUT2D eigenvalue weighted by atomic mass is 35.5. The zero-order valence-corrected chi connectivity index (χ0v) is 16.5. The predicted octanol–water partition coefficient (Wildman–Crippen LogP) is 5.19. The molecule has 0 unspecified atom stereocenters. The van der Waals surface area contributed by atoms with Gasteiger partial charge in [-0.15, -0.1) is 0 Å². The number of urea groups is 1. The van der Waals surface area contributed by atoms with Crippen LogP contribution >= 0.6 is 11.6 Å². The number of piperidine rings is 2. The van der Waals surface area contributed by atoms with Crippen molar-refractivity contribution in [3.63, 3.8) is 0 Å². The molecule has 2 fully saturated rings. The van der Waals surface area contributed by atoms with Crippen LogP contribution in [-0.4, -0.2) is 29.1 Å². The summed E-state index contributed by atoms with van der Waals surface area (Å²) in [6, 6.07) is 14.9. The molecule has 2 N–H and O–H groups in total.